The van der Waals surface area contributed by atoms with Crippen molar-refractivity contribution in [3.8, 4) is 0 Å². The molecule has 0 radical (unpaired) electrons. The zero-order chi connectivity index (χ0) is 16.2. The van der Waals surface area contributed by atoms with Crippen LogP contribution in [-0.4, -0.2) is 22.7 Å². The zero-order valence-corrected chi connectivity index (χ0v) is 14.0. The van der Waals surface area contributed by atoms with Crippen LogP contribution in [0.1, 0.15) is 73.2 Å². The van der Waals surface area contributed by atoms with Gasteiger partial charge in [0.05, 0.1) is 0 Å². The molecular weight excluding hydrogens is 288 g/mol. The van der Waals surface area contributed by atoms with Crippen LogP contribution in [0, 0.1) is 23.2 Å². The third-order valence-electron chi connectivity index (χ3n) is 6.69. The van der Waals surface area contributed by atoms with Crippen LogP contribution in [0.4, 0.5) is 0 Å². The summed E-state index contributed by atoms with van der Waals surface area (Å²) in [5.41, 5.74) is 1.37. The van der Waals surface area contributed by atoms with Gasteiger partial charge in [0, 0.05) is 17.8 Å². The monoisotopic (exact) mass is 314 g/mol. The molecule has 0 aromatic carbocycles. The lowest BCUT2D eigenvalue weighted by Crippen LogP contribution is -2.55. The second kappa shape index (κ2) is 5.22. The Labute approximate surface area is 137 Å². The van der Waals surface area contributed by atoms with Gasteiger partial charge in [0.25, 0.3) is 5.91 Å². The summed E-state index contributed by atoms with van der Waals surface area (Å²) < 4.78 is 0. The summed E-state index contributed by atoms with van der Waals surface area (Å²) in [5.74, 6) is 2.55. The minimum atomic E-state index is -0.0826. The zero-order valence-electron chi connectivity index (χ0n) is 14.0. The van der Waals surface area contributed by atoms with E-state index in [1.54, 1.807) is 12.3 Å². The van der Waals surface area contributed by atoms with Crippen molar-refractivity contribution < 1.29 is 9.59 Å². The summed E-state index contributed by atoms with van der Waals surface area (Å²) in [4.78, 5) is 26.8. The number of carbonyl (C=O) groups is 2. The highest BCUT2D eigenvalue weighted by atomic mass is 16.2. The van der Waals surface area contributed by atoms with E-state index < -0.39 is 0 Å². The smallest absolute Gasteiger partial charge is 0.267 e. The molecule has 4 aliphatic carbocycles. The number of aromatic amines is 1. The molecule has 0 spiro atoms. The van der Waals surface area contributed by atoms with Gasteiger partial charge in [-0.15, -0.1) is 0 Å². The van der Waals surface area contributed by atoms with E-state index >= 15 is 0 Å². The maximum absolute atomic E-state index is 12.5. The van der Waals surface area contributed by atoms with Gasteiger partial charge in [0.2, 0.25) is 0 Å². The minimum absolute atomic E-state index is 0.0190. The molecule has 2 N–H and O–H groups in total. The van der Waals surface area contributed by atoms with Gasteiger partial charge in [0.15, 0.2) is 5.78 Å². The highest BCUT2D eigenvalue weighted by molar-refractivity contribution is 5.99. The van der Waals surface area contributed by atoms with Crippen molar-refractivity contribution in [3.63, 3.8) is 0 Å². The third kappa shape index (κ3) is 2.52. The highest BCUT2D eigenvalue weighted by Crippen LogP contribution is 2.61. The molecule has 1 atom stereocenters. The number of ketones is 1. The number of H-pyrrole nitrogens is 1. The number of carbonyl (C=O) groups excluding carboxylic acids is 2. The average Bonchev–Trinajstić information content (AvgIpc) is 2.95. The standard InChI is InChI=1S/C19H26N2O2/c1-11(22)16-6-17(20-10-16)18(23)21-12(2)19-7-13-3-14(8-19)5-15(4-13)9-19/h6,10,12-15,20H,3-5,7-9H2,1-2H3,(H,21,23)/t12-,13?,14?,15?,19?/m0/s1. The van der Waals surface area contributed by atoms with Crippen molar-refractivity contribution in [2.75, 3.05) is 0 Å². The number of amides is 1. The first kappa shape index (κ1) is 15.0. The third-order valence-corrected chi connectivity index (χ3v) is 6.69. The molecule has 4 fully saturated rings. The van der Waals surface area contributed by atoms with Gasteiger partial charge in [-0.3, -0.25) is 9.59 Å². The first-order valence-electron chi connectivity index (χ1n) is 8.95. The second-order valence-electron chi connectivity index (χ2n) is 8.33. The Bertz CT molecular complexity index is 610. The molecule has 4 heteroatoms. The molecule has 4 nitrogen and oxygen atoms in total. The van der Waals surface area contributed by atoms with Crippen molar-refractivity contribution >= 4 is 11.7 Å². The van der Waals surface area contributed by atoms with Crippen molar-refractivity contribution in [1.82, 2.24) is 10.3 Å². The van der Waals surface area contributed by atoms with E-state index in [0.717, 1.165) is 17.8 Å². The molecule has 23 heavy (non-hydrogen) atoms. The molecule has 124 valence electrons. The number of rotatable bonds is 4. The molecule has 1 amide bonds. The summed E-state index contributed by atoms with van der Waals surface area (Å²) in [6, 6.07) is 1.86. The normalized spacial score (nSPS) is 36.0. The summed E-state index contributed by atoms with van der Waals surface area (Å²) in [7, 11) is 0. The van der Waals surface area contributed by atoms with Crippen molar-refractivity contribution in [3.05, 3.63) is 23.5 Å². The van der Waals surface area contributed by atoms with Crippen LogP contribution in [-0.2, 0) is 0 Å². The van der Waals surface area contributed by atoms with Crippen molar-refractivity contribution in [2.24, 2.45) is 23.2 Å². The number of nitrogens with one attached hydrogen (secondary N) is 2. The molecule has 4 bridgehead atoms. The predicted octanol–water partition coefficient (Wildman–Crippen LogP) is 3.55. The summed E-state index contributed by atoms with van der Waals surface area (Å²) in [5, 5.41) is 3.22. The van der Waals surface area contributed by atoms with Crippen LogP contribution in [0.2, 0.25) is 0 Å². The Morgan fingerprint density at radius 2 is 1.74 bits per heavy atom. The SMILES string of the molecule is CC(=O)c1c[nH]c(C(=O)N[C@@H](C)C23CC4CC(CC(C4)C2)C3)c1. The van der Waals surface area contributed by atoms with Gasteiger partial charge in [-0.05, 0) is 81.6 Å². The molecule has 1 aromatic heterocycles. The van der Waals surface area contributed by atoms with Crippen LogP contribution < -0.4 is 5.32 Å². The number of Topliss-reactive ketones (excluding diaryl/α,β-unsaturated/α-hetero) is 1. The Kier molecular flexibility index (Phi) is 3.40. The van der Waals surface area contributed by atoms with Gasteiger partial charge in [-0.2, -0.15) is 0 Å². The Hall–Kier alpha value is -1.58. The molecule has 1 aromatic rings. The second-order valence-corrected chi connectivity index (χ2v) is 8.33. The lowest BCUT2D eigenvalue weighted by atomic mass is 9.48. The van der Waals surface area contributed by atoms with E-state index in [1.807, 2.05) is 0 Å². The molecule has 1 heterocycles. The van der Waals surface area contributed by atoms with Crippen LogP contribution in [0.15, 0.2) is 12.3 Å². The lowest BCUT2D eigenvalue weighted by Gasteiger charge is -2.59. The number of hydrogen-bond acceptors (Lipinski definition) is 2. The molecular formula is C19H26N2O2. The van der Waals surface area contributed by atoms with E-state index in [1.165, 1.54) is 45.4 Å². The molecule has 5 rings (SSSR count). The van der Waals surface area contributed by atoms with E-state index in [0.29, 0.717) is 16.7 Å². The van der Waals surface area contributed by atoms with Gasteiger partial charge < -0.3 is 10.3 Å². The van der Waals surface area contributed by atoms with E-state index in [-0.39, 0.29) is 17.7 Å². The fourth-order valence-electron chi connectivity index (χ4n) is 5.86. The van der Waals surface area contributed by atoms with Gasteiger partial charge in [-0.25, -0.2) is 0 Å². The van der Waals surface area contributed by atoms with Crippen LogP contribution in [0.3, 0.4) is 0 Å². The van der Waals surface area contributed by atoms with Gasteiger partial charge in [-0.1, -0.05) is 0 Å². The topological polar surface area (TPSA) is 62.0 Å². The molecule has 0 saturated heterocycles. The lowest BCUT2D eigenvalue weighted by molar-refractivity contribution is -0.0688. The minimum Gasteiger partial charge on any atom is -0.356 e. The molecule has 0 unspecified atom stereocenters. The fourth-order valence-corrected chi connectivity index (χ4v) is 5.86. The first-order chi connectivity index (χ1) is 10.9. The van der Waals surface area contributed by atoms with E-state index in [4.69, 9.17) is 0 Å². The van der Waals surface area contributed by atoms with Gasteiger partial charge in [0.1, 0.15) is 5.69 Å². The number of hydrogen-bond donors (Lipinski definition) is 2. The van der Waals surface area contributed by atoms with Crippen LogP contribution in [0.5, 0.6) is 0 Å². The average molecular weight is 314 g/mol. The largest absolute Gasteiger partial charge is 0.356 e. The quantitative estimate of drug-likeness (QED) is 0.835. The maximum Gasteiger partial charge on any atom is 0.267 e. The molecule has 4 saturated carbocycles. The van der Waals surface area contributed by atoms with Crippen LogP contribution in [0.25, 0.3) is 0 Å². The number of aromatic nitrogens is 1. The maximum atomic E-state index is 12.5. The van der Waals surface area contributed by atoms with E-state index in [2.05, 4.69) is 17.2 Å². The fraction of sp³-hybridized carbons (Fsp3) is 0.684. The van der Waals surface area contributed by atoms with Crippen LogP contribution >= 0.6 is 0 Å². The molecule has 4 aliphatic rings. The van der Waals surface area contributed by atoms with E-state index in [9.17, 15) is 9.59 Å². The first-order valence-corrected chi connectivity index (χ1v) is 8.95. The van der Waals surface area contributed by atoms with Gasteiger partial charge >= 0.3 is 0 Å². The molecule has 0 aliphatic heterocycles. The summed E-state index contributed by atoms with van der Waals surface area (Å²) >= 11 is 0. The van der Waals surface area contributed by atoms with Crippen molar-refractivity contribution in [2.45, 2.75) is 58.4 Å². The Morgan fingerprint density at radius 1 is 1.17 bits per heavy atom. The Morgan fingerprint density at radius 3 is 2.22 bits per heavy atom. The highest BCUT2D eigenvalue weighted by Gasteiger charge is 2.53. The summed E-state index contributed by atoms with van der Waals surface area (Å²) in [6.07, 6.45) is 9.71. The Balaban J connectivity index is 1.48. The predicted molar refractivity (Wildman–Crippen MR) is 88.3 cm³/mol. The summed E-state index contributed by atoms with van der Waals surface area (Å²) in [6.45, 7) is 3.70. The van der Waals surface area contributed by atoms with Crippen molar-refractivity contribution in [1.29, 1.82) is 0 Å².